The summed E-state index contributed by atoms with van der Waals surface area (Å²) >= 11 is 0. The van der Waals surface area contributed by atoms with Gasteiger partial charge in [0.1, 0.15) is 11.4 Å². The largest absolute Gasteiger partial charge is 0.482 e. The molecule has 2 aliphatic rings. The van der Waals surface area contributed by atoms with E-state index in [9.17, 15) is 9.59 Å². The van der Waals surface area contributed by atoms with Crippen LogP contribution in [0.4, 0.5) is 10.5 Å². The zero-order valence-electron chi connectivity index (χ0n) is 17.0. The number of hydrogen-bond acceptors (Lipinski definition) is 5. The molecule has 0 aliphatic carbocycles. The van der Waals surface area contributed by atoms with E-state index in [1.807, 2.05) is 56.0 Å². The minimum absolute atomic E-state index is 0.0479. The van der Waals surface area contributed by atoms with E-state index < -0.39 is 5.60 Å². The fourth-order valence-electron chi connectivity index (χ4n) is 3.59. The number of carbonyl (C=O) groups is 2. The second-order valence-corrected chi connectivity index (χ2v) is 8.46. The van der Waals surface area contributed by atoms with E-state index in [1.54, 1.807) is 4.90 Å². The summed E-state index contributed by atoms with van der Waals surface area (Å²) in [7, 11) is 0. The number of ether oxygens (including phenoxy) is 2. The lowest BCUT2D eigenvalue weighted by atomic mass is 10.1. The first kappa shape index (κ1) is 19.3. The molecule has 1 aromatic carbocycles. The van der Waals surface area contributed by atoms with Crippen LogP contribution >= 0.6 is 0 Å². The molecular formula is C21H26N4O4. The van der Waals surface area contributed by atoms with Gasteiger partial charge in [-0.05, 0) is 51.3 Å². The molecule has 8 heteroatoms. The molecule has 0 radical (unpaired) electrons. The van der Waals surface area contributed by atoms with Gasteiger partial charge in [-0.25, -0.2) is 4.79 Å². The quantitative estimate of drug-likeness (QED) is 0.837. The number of aromatic nitrogens is 2. The number of benzene rings is 1. The van der Waals surface area contributed by atoms with Crippen LogP contribution in [0.3, 0.4) is 0 Å². The van der Waals surface area contributed by atoms with Gasteiger partial charge < -0.3 is 19.7 Å². The molecule has 4 rings (SSSR count). The normalized spacial score (nSPS) is 17.3. The number of nitrogens with zero attached hydrogens (tertiary/aromatic N) is 3. The highest BCUT2D eigenvalue weighted by atomic mass is 16.6. The lowest BCUT2D eigenvalue weighted by Gasteiger charge is -2.33. The van der Waals surface area contributed by atoms with E-state index >= 15 is 0 Å². The van der Waals surface area contributed by atoms with Crippen LogP contribution < -0.4 is 10.1 Å². The van der Waals surface area contributed by atoms with Gasteiger partial charge in [-0.3, -0.25) is 9.48 Å². The Balaban J connectivity index is 1.41. The molecule has 0 spiro atoms. The zero-order chi connectivity index (χ0) is 20.6. The summed E-state index contributed by atoms with van der Waals surface area (Å²) in [6.07, 6.45) is 5.24. The average Bonchev–Trinajstić information content (AvgIpc) is 3.16. The highest BCUT2D eigenvalue weighted by molar-refractivity contribution is 5.96. The summed E-state index contributed by atoms with van der Waals surface area (Å²) in [6, 6.07) is 5.96. The number of piperidine rings is 1. The van der Waals surface area contributed by atoms with Gasteiger partial charge in [-0.1, -0.05) is 6.07 Å². The number of likely N-dealkylation sites (tertiary alicyclic amines) is 1. The van der Waals surface area contributed by atoms with Crippen molar-refractivity contribution in [3.8, 4) is 16.9 Å². The summed E-state index contributed by atoms with van der Waals surface area (Å²) in [5.74, 6) is 0.525. The number of hydrogen-bond donors (Lipinski definition) is 1. The number of carbonyl (C=O) groups excluding carboxylic acids is 2. The standard InChI is InChI=1S/C21H26N4O4/c1-21(2,3)29-20(27)24-8-6-16(7-9-24)25-12-15(11-22-25)14-4-5-18-17(10-14)23-19(26)13-28-18/h4-5,10-12,16H,6-9,13H2,1-3H3,(H,23,26). The monoisotopic (exact) mass is 398 g/mol. The molecule has 3 heterocycles. The smallest absolute Gasteiger partial charge is 0.410 e. The Morgan fingerprint density at radius 1 is 1.24 bits per heavy atom. The van der Waals surface area contributed by atoms with Gasteiger partial charge in [-0.15, -0.1) is 0 Å². The van der Waals surface area contributed by atoms with Crippen LogP contribution in [0.2, 0.25) is 0 Å². The van der Waals surface area contributed by atoms with Gasteiger partial charge in [0.15, 0.2) is 6.61 Å². The SMILES string of the molecule is CC(C)(C)OC(=O)N1CCC(n2cc(-c3ccc4c(c3)NC(=O)CO4)cn2)CC1. The maximum atomic E-state index is 12.2. The molecule has 0 atom stereocenters. The van der Waals surface area contributed by atoms with Crippen molar-refractivity contribution in [1.82, 2.24) is 14.7 Å². The summed E-state index contributed by atoms with van der Waals surface area (Å²) in [6.45, 7) is 6.98. The maximum absolute atomic E-state index is 12.2. The third-order valence-electron chi connectivity index (χ3n) is 5.04. The van der Waals surface area contributed by atoms with E-state index in [1.165, 1.54) is 0 Å². The number of amides is 2. The molecule has 29 heavy (non-hydrogen) atoms. The first-order chi connectivity index (χ1) is 13.8. The van der Waals surface area contributed by atoms with Crippen molar-refractivity contribution in [2.24, 2.45) is 0 Å². The summed E-state index contributed by atoms with van der Waals surface area (Å²) < 4.78 is 12.8. The van der Waals surface area contributed by atoms with Gasteiger partial charge in [0.2, 0.25) is 0 Å². The lowest BCUT2D eigenvalue weighted by molar-refractivity contribution is -0.118. The Morgan fingerprint density at radius 3 is 2.72 bits per heavy atom. The van der Waals surface area contributed by atoms with Crippen molar-refractivity contribution in [3.63, 3.8) is 0 Å². The molecule has 2 amide bonds. The summed E-state index contributed by atoms with van der Waals surface area (Å²) in [4.78, 5) is 25.5. The fourth-order valence-corrected chi connectivity index (χ4v) is 3.59. The number of nitrogens with one attached hydrogen (secondary N) is 1. The number of fused-ring (bicyclic) bond motifs is 1. The third-order valence-corrected chi connectivity index (χ3v) is 5.04. The number of rotatable bonds is 2. The van der Waals surface area contributed by atoms with Crippen LogP contribution in [0, 0.1) is 0 Å². The molecule has 0 bridgehead atoms. The molecule has 8 nitrogen and oxygen atoms in total. The Kier molecular flexibility index (Phi) is 4.94. The van der Waals surface area contributed by atoms with Crippen molar-refractivity contribution in [2.75, 3.05) is 25.0 Å². The van der Waals surface area contributed by atoms with E-state index in [-0.39, 0.29) is 24.6 Å². The minimum atomic E-state index is -0.482. The topological polar surface area (TPSA) is 85.7 Å². The van der Waals surface area contributed by atoms with Gasteiger partial charge in [0, 0.05) is 24.8 Å². The van der Waals surface area contributed by atoms with Gasteiger partial charge in [0.25, 0.3) is 5.91 Å². The second kappa shape index (κ2) is 7.42. The zero-order valence-corrected chi connectivity index (χ0v) is 17.0. The average molecular weight is 398 g/mol. The Morgan fingerprint density at radius 2 is 2.00 bits per heavy atom. The summed E-state index contributed by atoms with van der Waals surface area (Å²) in [5, 5.41) is 7.37. The van der Waals surface area contributed by atoms with E-state index in [0.717, 1.165) is 24.0 Å². The summed E-state index contributed by atoms with van der Waals surface area (Å²) in [5.41, 5.74) is 2.14. The van der Waals surface area contributed by atoms with Crippen LogP contribution in [0.1, 0.15) is 39.7 Å². The van der Waals surface area contributed by atoms with E-state index in [4.69, 9.17) is 9.47 Å². The van der Waals surface area contributed by atoms with Crippen molar-refractivity contribution in [3.05, 3.63) is 30.6 Å². The highest BCUT2D eigenvalue weighted by Gasteiger charge is 2.28. The van der Waals surface area contributed by atoms with Gasteiger partial charge >= 0.3 is 6.09 Å². The van der Waals surface area contributed by atoms with Crippen LogP contribution in [0.15, 0.2) is 30.6 Å². The first-order valence-electron chi connectivity index (χ1n) is 9.88. The predicted octanol–water partition coefficient (Wildman–Crippen LogP) is 3.45. The molecule has 154 valence electrons. The van der Waals surface area contributed by atoms with E-state index in [2.05, 4.69) is 10.4 Å². The van der Waals surface area contributed by atoms with Gasteiger partial charge in [0.05, 0.1) is 17.9 Å². The van der Waals surface area contributed by atoms with Gasteiger partial charge in [-0.2, -0.15) is 5.10 Å². The van der Waals surface area contributed by atoms with E-state index in [0.29, 0.717) is 24.5 Å². The molecular weight excluding hydrogens is 372 g/mol. The Labute approximate surface area is 169 Å². The molecule has 1 aromatic heterocycles. The molecule has 1 N–H and O–H groups in total. The lowest BCUT2D eigenvalue weighted by Crippen LogP contribution is -2.42. The molecule has 0 saturated carbocycles. The molecule has 2 aromatic rings. The molecule has 1 saturated heterocycles. The van der Waals surface area contributed by atoms with Crippen molar-refractivity contribution in [1.29, 1.82) is 0 Å². The van der Waals surface area contributed by atoms with Crippen molar-refractivity contribution >= 4 is 17.7 Å². The van der Waals surface area contributed by atoms with Crippen LogP contribution in [-0.2, 0) is 9.53 Å². The first-order valence-corrected chi connectivity index (χ1v) is 9.88. The highest BCUT2D eigenvalue weighted by Crippen LogP contribution is 2.33. The van der Waals surface area contributed by atoms with Crippen molar-refractivity contribution < 1.29 is 19.1 Å². The maximum Gasteiger partial charge on any atom is 0.410 e. The number of anilines is 1. The van der Waals surface area contributed by atoms with Crippen LogP contribution in [-0.4, -0.2) is 52.0 Å². The Hall–Kier alpha value is -3.03. The molecule has 0 unspecified atom stereocenters. The Bertz CT molecular complexity index is 923. The minimum Gasteiger partial charge on any atom is -0.482 e. The predicted molar refractivity (Wildman–Crippen MR) is 108 cm³/mol. The second-order valence-electron chi connectivity index (χ2n) is 8.46. The van der Waals surface area contributed by atoms with Crippen molar-refractivity contribution in [2.45, 2.75) is 45.3 Å². The third kappa shape index (κ3) is 4.36. The molecule has 1 fully saturated rings. The van der Waals surface area contributed by atoms with Crippen LogP contribution in [0.5, 0.6) is 5.75 Å². The van der Waals surface area contributed by atoms with Crippen LogP contribution in [0.25, 0.3) is 11.1 Å². The fraction of sp³-hybridized carbons (Fsp3) is 0.476. The molecule has 2 aliphatic heterocycles.